The number of piperidine rings is 1. The number of hydrogen-bond acceptors (Lipinski definition) is 5. The number of nitrogens with zero attached hydrogens (tertiary/aromatic N) is 3. The Balaban J connectivity index is 1.10. The van der Waals surface area contributed by atoms with E-state index in [4.69, 9.17) is 9.26 Å². The second-order valence-electron chi connectivity index (χ2n) is 9.99. The largest absolute Gasteiger partial charge is 0.375 e. The molecule has 6 nitrogen and oxygen atoms in total. The summed E-state index contributed by atoms with van der Waals surface area (Å²) in [5, 5.41) is 4.21. The van der Waals surface area contributed by atoms with Gasteiger partial charge in [-0.15, -0.1) is 0 Å². The average molecular weight is 402 g/mol. The summed E-state index contributed by atoms with van der Waals surface area (Å²) in [7, 11) is 0. The molecule has 3 heterocycles. The van der Waals surface area contributed by atoms with Crippen molar-refractivity contribution in [2.24, 2.45) is 11.8 Å². The standard InChI is InChI=1S/C23H35N3O3/c27-21(8-5-17-3-1-2-4-17)26-12-10-23(11-13-26)16-18(9-14-28-23)15-20-24-22(29-25-20)19-6-7-19/h17-19H,1-16H2. The molecule has 29 heavy (non-hydrogen) atoms. The topological polar surface area (TPSA) is 68.5 Å². The molecule has 2 aliphatic carbocycles. The van der Waals surface area contributed by atoms with Crippen LogP contribution in [0.3, 0.4) is 0 Å². The number of carbonyl (C=O) groups excluding carboxylic acids is 1. The normalized spacial score (nSPS) is 27.6. The first-order chi connectivity index (χ1) is 14.2. The number of ether oxygens (including phenoxy) is 1. The van der Waals surface area contributed by atoms with Gasteiger partial charge in [0.1, 0.15) is 0 Å². The highest BCUT2D eigenvalue weighted by Gasteiger charge is 2.41. The summed E-state index contributed by atoms with van der Waals surface area (Å²) in [6.07, 6.45) is 14.5. The van der Waals surface area contributed by atoms with Gasteiger partial charge in [-0.3, -0.25) is 4.79 Å². The van der Waals surface area contributed by atoms with E-state index in [2.05, 4.69) is 15.0 Å². The van der Waals surface area contributed by atoms with Gasteiger partial charge in [0.05, 0.1) is 5.60 Å². The average Bonchev–Trinajstić information content (AvgIpc) is 3.24. The minimum atomic E-state index is -0.0474. The smallest absolute Gasteiger partial charge is 0.229 e. The molecule has 0 radical (unpaired) electrons. The quantitative estimate of drug-likeness (QED) is 0.713. The van der Waals surface area contributed by atoms with Crippen LogP contribution in [0.4, 0.5) is 0 Å². The van der Waals surface area contributed by atoms with Crippen molar-refractivity contribution in [2.45, 2.75) is 95.0 Å². The van der Waals surface area contributed by atoms with E-state index in [0.29, 0.717) is 17.7 Å². The summed E-state index contributed by atoms with van der Waals surface area (Å²) in [5.74, 6) is 3.94. The molecule has 1 aromatic heterocycles. The van der Waals surface area contributed by atoms with Gasteiger partial charge in [0.2, 0.25) is 11.8 Å². The molecule has 4 fully saturated rings. The Morgan fingerprint density at radius 3 is 2.62 bits per heavy atom. The molecule has 1 aromatic rings. The fourth-order valence-electron chi connectivity index (χ4n) is 5.70. The highest BCUT2D eigenvalue weighted by atomic mass is 16.5. The van der Waals surface area contributed by atoms with Gasteiger partial charge in [0.25, 0.3) is 0 Å². The Kier molecular flexibility index (Phi) is 5.63. The molecule has 0 N–H and O–H groups in total. The molecule has 0 bridgehead atoms. The fourth-order valence-corrected chi connectivity index (χ4v) is 5.70. The first-order valence-corrected chi connectivity index (χ1v) is 11.9. The van der Waals surface area contributed by atoms with Crippen molar-refractivity contribution in [3.8, 4) is 0 Å². The fraction of sp³-hybridized carbons (Fsp3) is 0.870. The van der Waals surface area contributed by atoms with E-state index in [9.17, 15) is 4.79 Å². The summed E-state index contributed by atoms with van der Waals surface area (Å²) < 4.78 is 11.7. The molecule has 2 aliphatic heterocycles. The van der Waals surface area contributed by atoms with Crippen LogP contribution >= 0.6 is 0 Å². The van der Waals surface area contributed by atoms with Gasteiger partial charge in [0, 0.05) is 38.5 Å². The number of likely N-dealkylation sites (tertiary alicyclic amines) is 1. The molecular formula is C23H35N3O3. The lowest BCUT2D eigenvalue weighted by Crippen LogP contribution is -2.51. The van der Waals surface area contributed by atoms with E-state index in [-0.39, 0.29) is 5.60 Å². The number of aromatic nitrogens is 2. The lowest BCUT2D eigenvalue weighted by molar-refractivity contribution is -0.147. The Labute approximate surface area is 173 Å². The van der Waals surface area contributed by atoms with Gasteiger partial charge in [-0.05, 0) is 56.8 Å². The molecular weight excluding hydrogens is 366 g/mol. The third-order valence-corrected chi connectivity index (χ3v) is 7.75. The van der Waals surface area contributed by atoms with Crippen LogP contribution in [0.5, 0.6) is 0 Å². The van der Waals surface area contributed by atoms with Crippen molar-refractivity contribution >= 4 is 5.91 Å². The zero-order chi connectivity index (χ0) is 19.7. The van der Waals surface area contributed by atoms with E-state index in [1.807, 2.05) is 0 Å². The molecule has 5 rings (SSSR count). The molecule has 2 saturated carbocycles. The predicted octanol–water partition coefficient (Wildman–Crippen LogP) is 4.25. The summed E-state index contributed by atoms with van der Waals surface area (Å²) in [6.45, 7) is 2.52. The van der Waals surface area contributed by atoms with E-state index >= 15 is 0 Å². The molecule has 160 valence electrons. The van der Waals surface area contributed by atoms with E-state index in [0.717, 1.165) is 82.3 Å². The molecule has 1 unspecified atom stereocenters. The molecule has 6 heteroatoms. The van der Waals surface area contributed by atoms with Crippen molar-refractivity contribution in [1.29, 1.82) is 0 Å². The second kappa shape index (κ2) is 8.37. The van der Waals surface area contributed by atoms with Crippen LogP contribution < -0.4 is 0 Å². The maximum Gasteiger partial charge on any atom is 0.229 e. The molecule has 1 atom stereocenters. The Morgan fingerprint density at radius 1 is 1.07 bits per heavy atom. The van der Waals surface area contributed by atoms with Gasteiger partial charge in [-0.1, -0.05) is 30.8 Å². The number of rotatable bonds is 6. The van der Waals surface area contributed by atoms with Gasteiger partial charge in [0.15, 0.2) is 5.82 Å². The molecule has 2 saturated heterocycles. The highest BCUT2D eigenvalue weighted by molar-refractivity contribution is 5.76. The molecule has 1 spiro atoms. The van der Waals surface area contributed by atoms with Crippen LogP contribution in [0, 0.1) is 11.8 Å². The van der Waals surface area contributed by atoms with Crippen molar-refractivity contribution in [2.75, 3.05) is 19.7 Å². The number of carbonyl (C=O) groups is 1. The third-order valence-electron chi connectivity index (χ3n) is 7.75. The van der Waals surface area contributed by atoms with Crippen molar-refractivity contribution < 1.29 is 14.1 Å². The Morgan fingerprint density at radius 2 is 1.86 bits per heavy atom. The summed E-state index contributed by atoms with van der Waals surface area (Å²) in [6, 6.07) is 0. The zero-order valence-corrected chi connectivity index (χ0v) is 17.6. The highest BCUT2D eigenvalue weighted by Crippen LogP contribution is 2.41. The van der Waals surface area contributed by atoms with Crippen LogP contribution in [0.1, 0.15) is 94.7 Å². The lowest BCUT2D eigenvalue weighted by Gasteiger charge is -2.46. The van der Waals surface area contributed by atoms with Crippen molar-refractivity contribution in [1.82, 2.24) is 15.0 Å². The zero-order valence-electron chi connectivity index (χ0n) is 17.6. The summed E-state index contributed by atoms with van der Waals surface area (Å²) in [5.41, 5.74) is -0.0474. The van der Waals surface area contributed by atoms with Crippen LogP contribution in [0.2, 0.25) is 0 Å². The first kappa shape index (κ1) is 19.5. The van der Waals surface area contributed by atoms with Crippen LogP contribution in [-0.2, 0) is 16.0 Å². The third kappa shape index (κ3) is 4.68. The van der Waals surface area contributed by atoms with E-state index in [1.165, 1.54) is 38.5 Å². The van der Waals surface area contributed by atoms with E-state index in [1.54, 1.807) is 0 Å². The van der Waals surface area contributed by atoms with Gasteiger partial charge in [-0.25, -0.2) is 0 Å². The monoisotopic (exact) mass is 401 g/mol. The van der Waals surface area contributed by atoms with Crippen molar-refractivity contribution in [3.63, 3.8) is 0 Å². The number of hydrogen-bond donors (Lipinski definition) is 0. The Hall–Kier alpha value is -1.43. The molecule has 1 amide bonds. The lowest BCUT2D eigenvalue weighted by atomic mass is 9.78. The second-order valence-corrected chi connectivity index (χ2v) is 9.99. The molecule has 0 aromatic carbocycles. The first-order valence-electron chi connectivity index (χ1n) is 11.9. The summed E-state index contributed by atoms with van der Waals surface area (Å²) in [4.78, 5) is 19.4. The van der Waals surface area contributed by atoms with Crippen molar-refractivity contribution in [3.05, 3.63) is 11.7 Å². The molecule has 4 aliphatic rings. The Bertz CT molecular complexity index is 700. The minimum Gasteiger partial charge on any atom is -0.375 e. The number of amides is 1. The van der Waals surface area contributed by atoms with Crippen LogP contribution in [0.25, 0.3) is 0 Å². The SMILES string of the molecule is O=C(CCC1CCCC1)N1CCC2(CC1)CC(Cc1noc(C3CC3)n1)CCO2. The van der Waals surface area contributed by atoms with Gasteiger partial charge in [-0.2, -0.15) is 4.98 Å². The minimum absolute atomic E-state index is 0.0474. The van der Waals surface area contributed by atoms with Gasteiger partial charge >= 0.3 is 0 Å². The van der Waals surface area contributed by atoms with E-state index < -0.39 is 0 Å². The predicted molar refractivity (Wildman–Crippen MR) is 108 cm³/mol. The maximum atomic E-state index is 12.7. The van der Waals surface area contributed by atoms with Gasteiger partial charge < -0.3 is 14.2 Å². The summed E-state index contributed by atoms with van der Waals surface area (Å²) >= 11 is 0. The maximum absolute atomic E-state index is 12.7. The van der Waals surface area contributed by atoms with Crippen LogP contribution in [0.15, 0.2) is 4.52 Å². The van der Waals surface area contributed by atoms with Crippen LogP contribution in [-0.4, -0.2) is 46.2 Å².